The number of aliphatic imine (C=N–C) groups is 1. The molecule has 140 valence electrons. The van der Waals surface area contributed by atoms with Crippen LogP contribution in [0.15, 0.2) is 46.6 Å². The summed E-state index contributed by atoms with van der Waals surface area (Å²) in [6.07, 6.45) is 1.48. The second kappa shape index (κ2) is 9.32. The summed E-state index contributed by atoms with van der Waals surface area (Å²) in [5.41, 5.74) is 2.57. The fraction of sp³-hybridized carbons (Fsp3) is 0.476. The molecular weight excluding hydrogens is 330 g/mol. The van der Waals surface area contributed by atoms with E-state index in [1.807, 2.05) is 51.1 Å². The van der Waals surface area contributed by atoms with E-state index in [0.717, 1.165) is 18.4 Å². The molecule has 1 heterocycles. The van der Waals surface area contributed by atoms with E-state index < -0.39 is 17.8 Å². The Hall–Kier alpha value is -2.43. The Bertz CT molecular complexity index is 706. The van der Waals surface area contributed by atoms with Gasteiger partial charge in [0.1, 0.15) is 5.92 Å². The van der Waals surface area contributed by atoms with Crippen molar-refractivity contribution < 1.29 is 19.1 Å². The number of esters is 2. The zero-order valence-corrected chi connectivity index (χ0v) is 16.0. The minimum Gasteiger partial charge on any atom is -0.465 e. The van der Waals surface area contributed by atoms with Gasteiger partial charge in [-0.15, -0.1) is 0 Å². The predicted octanol–water partition coefficient (Wildman–Crippen LogP) is 4.04. The number of rotatable bonds is 7. The summed E-state index contributed by atoms with van der Waals surface area (Å²) >= 11 is 0. The van der Waals surface area contributed by atoms with Crippen LogP contribution < -0.4 is 0 Å². The van der Waals surface area contributed by atoms with E-state index in [4.69, 9.17) is 9.47 Å². The minimum atomic E-state index is -0.628. The summed E-state index contributed by atoms with van der Waals surface area (Å²) in [7, 11) is 0. The lowest BCUT2D eigenvalue weighted by atomic mass is 9.75. The van der Waals surface area contributed by atoms with Crippen molar-refractivity contribution in [1.29, 1.82) is 0 Å². The van der Waals surface area contributed by atoms with Crippen LogP contribution in [0.1, 0.15) is 52.0 Å². The highest BCUT2D eigenvalue weighted by atomic mass is 16.5. The number of allylic oxidation sites excluding steroid dienone is 1. The summed E-state index contributed by atoms with van der Waals surface area (Å²) in [4.78, 5) is 30.0. The summed E-state index contributed by atoms with van der Waals surface area (Å²) in [5.74, 6) is -1.85. The van der Waals surface area contributed by atoms with E-state index in [0.29, 0.717) is 30.2 Å². The normalized spacial score (nSPS) is 19.8. The van der Waals surface area contributed by atoms with Crippen LogP contribution in [0, 0.1) is 5.92 Å². The SMILES string of the molecule is CCCOC(=O)C1=C(C)N=C(C)C(C(=O)OCCC)[C@H]1c1ccccc1. The summed E-state index contributed by atoms with van der Waals surface area (Å²) in [5, 5.41) is 0. The molecule has 1 aliphatic rings. The average molecular weight is 357 g/mol. The molecule has 2 atom stereocenters. The standard InChI is InChI=1S/C21H27NO4/c1-5-12-25-20(23)17-14(3)22-15(4)18(21(24)26-13-6-2)19(17)16-10-8-7-9-11-16/h7-11,17,19H,5-6,12-13H2,1-4H3/t17?,19-/m1/s1. The monoisotopic (exact) mass is 357 g/mol. The van der Waals surface area contributed by atoms with E-state index >= 15 is 0 Å². The number of benzene rings is 1. The van der Waals surface area contributed by atoms with Gasteiger partial charge in [-0.25, -0.2) is 4.79 Å². The van der Waals surface area contributed by atoms with Crippen LogP contribution in [0.3, 0.4) is 0 Å². The van der Waals surface area contributed by atoms with Gasteiger partial charge in [0, 0.05) is 17.3 Å². The first-order valence-corrected chi connectivity index (χ1v) is 9.15. The van der Waals surface area contributed by atoms with Crippen molar-refractivity contribution in [3.63, 3.8) is 0 Å². The molecule has 0 radical (unpaired) electrons. The largest absolute Gasteiger partial charge is 0.465 e. The van der Waals surface area contributed by atoms with Crippen molar-refractivity contribution in [1.82, 2.24) is 0 Å². The number of hydrogen-bond donors (Lipinski definition) is 0. The van der Waals surface area contributed by atoms with Crippen LogP contribution >= 0.6 is 0 Å². The smallest absolute Gasteiger partial charge is 0.336 e. The van der Waals surface area contributed by atoms with Crippen LogP contribution in [0.25, 0.3) is 0 Å². The van der Waals surface area contributed by atoms with E-state index in [9.17, 15) is 9.59 Å². The minimum absolute atomic E-state index is 0.338. The number of hydrogen-bond acceptors (Lipinski definition) is 5. The van der Waals surface area contributed by atoms with Crippen LogP contribution in [0.5, 0.6) is 0 Å². The fourth-order valence-corrected chi connectivity index (χ4v) is 3.19. The number of carbonyl (C=O) groups excluding carboxylic acids is 2. The Morgan fingerprint density at radius 1 is 1.00 bits per heavy atom. The Balaban J connectivity index is 2.50. The maximum Gasteiger partial charge on any atom is 0.336 e. The van der Waals surface area contributed by atoms with E-state index in [1.54, 1.807) is 6.92 Å². The summed E-state index contributed by atoms with van der Waals surface area (Å²) < 4.78 is 10.8. The van der Waals surface area contributed by atoms with Crippen molar-refractivity contribution >= 4 is 17.7 Å². The van der Waals surface area contributed by atoms with Gasteiger partial charge in [-0.3, -0.25) is 9.79 Å². The molecular formula is C21H27NO4. The molecule has 1 aromatic carbocycles. The van der Waals surface area contributed by atoms with Crippen LogP contribution in [-0.4, -0.2) is 30.9 Å². The molecule has 0 fully saturated rings. The first-order chi connectivity index (χ1) is 12.5. The molecule has 1 unspecified atom stereocenters. The van der Waals surface area contributed by atoms with Gasteiger partial charge in [-0.05, 0) is 32.3 Å². The molecule has 0 saturated heterocycles. The Kier molecular flexibility index (Phi) is 7.13. The molecule has 0 saturated carbocycles. The Morgan fingerprint density at radius 3 is 2.23 bits per heavy atom. The topological polar surface area (TPSA) is 65.0 Å². The quantitative estimate of drug-likeness (QED) is 0.691. The zero-order valence-electron chi connectivity index (χ0n) is 16.0. The molecule has 1 aliphatic heterocycles. The molecule has 2 rings (SSSR count). The van der Waals surface area contributed by atoms with Gasteiger partial charge in [-0.2, -0.15) is 0 Å². The Labute approximate surface area is 155 Å². The van der Waals surface area contributed by atoms with E-state index in [-0.39, 0.29) is 5.97 Å². The molecule has 0 spiro atoms. The zero-order chi connectivity index (χ0) is 19.1. The van der Waals surface area contributed by atoms with Crippen LogP contribution in [-0.2, 0) is 19.1 Å². The Morgan fingerprint density at radius 2 is 1.62 bits per heavy atom. The average Bonchev–Trinajstić information content (AvgIpc) is 2.64. The lowest BCUT2D eigenvalue weighted by molar-refractivity contribution is -0.146. The molecule has 26 heavy (non-hydrogen) atoms. The third kappa shape index (κ3) is 4.40. The van der Waals surface area contributed by atoms with Crippen LogP contribution in [0.2, 0.25) is 0 Å². The molecule has 0 aliphatic carbocycles. The first-order valence-electron chi connectivity index (χ1n) is 9.15. The highest BCUT2D eigenvalue weighted by Crippen LogP contribution is 2.40. The predicted molar refractivity (Wildman–Crippen MR) is 101 cm³/mol. The molecule has 5 nitrogen and oxygen atoms in total. The maximum atomic E-state index is 12.8. The van der Waals surface area contributed by atoms with Gasteiger partial charge in [0.25, 0.3) is 0 Å². The second-order valence-corrected chi connectivity index (χ2v) is 6.42. The van der Waals surface area contributed by atoms with E-state index in [1.165, 1.54) is 0 Å². The van der Waals surface area contributed by atoms with Crippen molar-refractivity contribution in [2.75, 3.05) is 13.2 Å². The van der Waals surface area contributed by atoms with Crippen molar-refractivity contribution in [2.45, 2.75) is 46.5 Å². The molecule has 0 amide bonds. The van der Waals surface area contributed by atoms with Crippen molar-refractivity contribution in [2.24, 2.45) is 10.9 Å². The van der Waals surface area contributed by atoms with Gasteiger partial charge in [0.2, 0.25) is 0 Å². The number of carbonyl (C=O) groups is 2. The number of ether oxygens (including phenoxy) is 2. The van der Waals surface area contributed by atoms with Crippen molar-refractivity contribution in [3.05, 3.63) is 47.2 Å². The highest BCUT2D eigenvalue weighted by molar-refractivity contribution is 6.07. The molecule has 5 heteroatoms. The van der Waals surface area contributed by atoms with E-state index in [2.05, 4.69) is 4.99 Å². The summed E-state index contributed by atoms with van der Waals surface area (Å²) in [6, 6.07) is 9.54. The third-order valence-electron chi connectivity index (χ3n) is 4.35. The van der Waals surface area contributed by atoms with Gasteiger partial charge in [-0.1, -0.05) is 44.2 Å². The molecule has 0 bridgehead atoms. The van der Waals surface area contributed by atoms with Gasteiger partial charge in [0.05, 0.1) is 18.8 Å². The lowest BCUT2D eigenvalue weighted by Crippen LogP contribution is -2.36. The fourth-order valence-electron chi connectivity index (χ4n) is 3.19. The molecule has 0 N–H and O–H groups in total. The highest BCUT2D eigenvalue weighted by Gasteiger charge is 2.42. The third-order valence-corrected chi connectivity index (χ3v) is 4.35. The second-order valence-electron chi connectivity index (χ2n) is 6.42. The van der Waals surface area contributed by atoms with Gasteiger partial charge < -0.3 is 9.47 Å². The lowest BCUT2D eigenvalue weighted by Gasteiger charge is -2.31. The molecule has 0 aromatic heterocycles. The van der Waals surface area contributed by atoms with Gasteiger partial charge >= 0.3 is 11.9 Å². The summed E-state index contributed by atoms with van der Waals surface area (Å²) in [6.45, 7) is 8.17. The first kappa shape index (κ1) is 19.9. The van der Waals surface area contributed by atoms with Gasteiger partial charge in [0.15, 0.2) is 0 Å². The van der Waals surface area contributed by atoms with Crippen molar-refractivity contribution in [3.8, 4) is 0 Å². The maximum absolute atomic E-state index is 12.8. The molecule has 1 aromatic rings. The van der Waals surface area contributed by atoms with Crippen LogP contribution in [0.4, 0.5) is 0 Å². The number of nitrogens with zero attached hydrogens (tertiary/aromatic N) is 1.